The first-order valence-electron chi connectivity index (χ1n) is 5.45. The molecule has 90 valence electrons. The molecule has 0 radical (unpaired) electrons. The maximum Gasteiger partial charge on any atom is 0.227 e. The summed E-state index contributed by atoms with van der Waals surface area (Å²) in [6.45, 7) is 7.03. The van der Waals surface area contributed by atoms with Crippen molar-refractivity contribution in [2.24, 2.45) is 11.1 Å². The molecule has 0 bridgehead atoms. The molecule has 0 aliphatic heterocycles. The smallest absolute Gasteiger partial charge is 0.227 e. The zero-order valence-corrected chi connectivity index (χ0v) is 10.2. The summed E-state index contributed by atoms with van der Waals surface area (Å²) in [4.78, 5) is 11.6. The Balaban J connectivity index is 2.37. The number of aryl methyl sites for hydroxylation is 1. The van der Waals surface area contributed by atoms with Crippen LogP contribution >= 0.6 is 0 Å². The Bertz CT molecular complexity index is 356. The van der Waals surface area contributed by atoms with Crippen LogP contribution in [0.25, 0.3) is 0 Å². The third-order valence-electron chi connectivity index (χ3n) is 2.45. The molecule has 1 aromatic heterocycles. The van der Waals surface area contributed by atoms with Crippen LogP contribution in [0.4, 0.5) is 0 Å². The number of nitrogens with one attached hydrogen (secondary N) is 1. The van der Waals surface area contributed by atoms with Gasteiger partial charge in [-0.25, -0.2) is 0 Å². The highest BCUT2D eigenvalue weighted by Crippen LogP contribution is 2.11. The van der Waals surface area contributed by atoms with Crippen molar-refractivity contribution in [3.05, 3.63) is 23.7 Å². The summed E-state index contributed by atoms with van der Waals surface area (Å²) < 4.78 is 5.33. The number of carbonyl (C=O) groups is 1. The van der Waals surface area contributed by atoms with Gasteiger partial charge in [-0.05, 0) is 31.0 Å². The highest BCUT2D eigenvalue weighted by molar-refractivity contribution is 5.77. The molecule has 0 aliphatic rings. The molecule has 0 saturated carbocycles. The van der Waals surface area contributed by atoms with Crippen LogP contribution in [0.2, 0.25) is 0 Å². The largest absolute Gasteiger partial charge is 0.466 e. The number of carbonyl (C=O) groups excluding carboxylic acids is 1. The van der Waals surface area contributed by atoms with Crippen LogP contribution in [0.3, 0.4) is 0 Å². The van der Waals surface area contributed by atoms with Crippen LogP contribution in [0.1, 0.15) is 25.4 Å². The fourth-order valence-electron chi connectivity index (χ4n) is 1.21. The Morgan fingerprint density at radius 1 is 1.50 bits per heavy atom. The first-order valence-corrected chi connectivity index (χ1v) is 5.45. The maximum absolute atomic E-state index is 11.6. The minimum Gasteiger partial charge on any atom is -0.466 e. The summed E-state index contributed by atoms with van der Waals surface area (Å²) in [5.41, 5.74) is 5.52. The molecule has 0 fully saturated rings. The molecule has 16 heavy (non-hydrogen) atoms. The molecule has 1 rings (SSSR count). The van der Waals surface area contributed by atoms with Crippen LogP contribution in [-0.4, -0.2) is 19.0 Å². The summed E-state index contributed by atoms with van der Waals surface area (Å²) in [6.07, 6.45) is 0.286. The minimum absolute atomic E-state index is 0.0316. The Morgan fingerprint density at radius 2 is 2.19 bits per heavy atom. The highest BCUT2D eigenvalue weighted by Gasteiger charge is 2.17. The highest BCUT2D eigenvalue weighted by atomic mass is 16.3. The predicted molar refractivity (Wildman–Crippen MR) is 63.0 cm³/mol. The number of amides is 1. The van der Waals surface area contributed by atoms with Gasteiger partial charge in [-0.3, -0.25) is 4.79 Å². The summed E-state index contributed by atoms with van der Waals surface area (Å²) in [5.74, 6) is 1.49. The van der Waals surface area contributed by atoms with Crippen molar-refractivity contribution < 1.29 is 9.21 Å². The van der Waals surface area contributed by atoms with Crippen molar-refractivity contribution in [1.29, 1.82) is 0 Å². The summed E-state index contributed by atoms with van der Waals surface area (Å²) in [6, 6.07) is 3.68. The Labute approximate surface area is 96.2 Å². The third-order valence-corrected chi connectivity index (χ3v) is 2.45. The van der Waals surface area contributed by atoms with Crippen molar-refractivity contribution in [2.45, 2.75) is 27.2 Å². The fourth-order valence-corrected chi connectivity index (χ4v) is 1.21. The molecule has 0 aromatic carbocycles. The van der Waals surface area contributed by atoms with E-state index in [1.807, 2.05) is 32.9 Å². The number of rotatable bonds is 5. The summed E-state index contributed by atoms with van der Waals surface area (Å²) in [7, 11) is 0. The van der Waals surface area contributed by atoms with E-state index in [9.17, 15) is 4.79 Å². The first-order chi connectivity index (χ1) is 7.43. The number of nitrogens with two attached hydrogens (primary N) is 1. The van der Waals surface area contributed by atoms with Gasteiger partial charge < -0.3 is 15.5 Å². The summed E-state index contributed by atoms with van der Waals surface area (Å²) in [5, 5.41) is 2.85. The van der Waals surface area contributed by atoms with E-state index in [1.165, 1.54) is 0 Å². The number of hydrogen-bond donors (Lipinski definition) is 2. The number of hydrogen-bond acceptors (Lipinski definition) is 3. The molecular formula is C12H20N2O2. The van der Waals surface area contributed by atoms with E-state index in [-0.39, 0.29) is 17.7 Å². The zero-order chi connectivity index (χ0) is 12.2. The van der Waals surface area contributed by atoms with Crippen molar-refractivity contribution >= 4 is 5.91 Å². The van der Waals surface area contributed by atoms with Crippen LogP contribution in [0.5, 0.6) is 0 Å². The van der Waals surface area contributed by atoms with E-state index in [0.29, 0.717) is 18.8 Å². The normalized spacial score (nSPS) is 11.5. The molecule has 0 saturated heterocycles. The molecule has 0 atom stereocenters. The van der Waals surface area contributed by atoms with Crippen LogP contribution in [0.15, 0.2) is 16.5 Å². The van der Waals surface area contributed by atoms with Gasteiger partial charge >= 0.3 is 0 Å². The molecule has 3 N–H and O–H groups in total. The van der Waals surface area contributed by atoms with E-state index >= 15 is 0 Å². The van der Waals surface area contributed by atoms with Gasteiger partial charge in [0.2, 0.25) is 5.91 Å². The topological polar surface area (TPSA) is 68.3 Å². The Morgan fingerprint density at radius 3 is 2.69 bits per heavy atom. The lowest BCUT2D eigenvalue weighted by atomic mass is 9.94. The van der Waals surface area contributed by atoms with E-state index in [0.717, 1.165) is 5.76 Å². The summed E-state index contributed by atoms with van der Waals surface area (Å²) >= 11 is 0. The molecule has 4 heteroatoms. The van der Waals surface area contributed by atoms with Gasteiger partial charge in [-0.1, -0.05) is 13.8 Å². The molecule has 1 aromatic rings. The van der Waals surface area contributed by atoms with Gasteiger partial charge in [0.25, 0.3) is 0 Å². The van der Waals surface area contributed by atoms with Gasteiger partial charge in [-0.15, -0.1) is 0 Å². The lowest BCUT2D eigenvalue weighted by molar-refractivity contribution is -0.121. The van der Waals surface area contributed by atoms with Crippen molar-refractivity contribution in [2.75, 3.05) is 13.1 Å². The SMILES string of the molecule is Cc1ccc(CC(=O)NCC(C)(C)CN)o1. The average molecular weight is 224 g/mol. The van der Waals surface area contributed by atoms with Crippen molar-refractivity contribution in [3.63, 3.8) is 0 Å². The molecule has 1 amide bonds. The molecular weight excluding hydrogens is 204 g/mol. The van der Waals surface area contributed by atoms with E-state index in [4.69, 9.17) is 10.2 Å². The standard InChI is InChI=1S/C12H20N2O2/c1-9-4-5-10(16-9)6-11(15)14-8-12(2,3)7-13/h4-5H,6-8,13H2,1-3H3,(H,14,15). The first kappa shape index (κ1) is 12.8. The lowest BCUT2D eigenvalue weighted by Crippen LogP contribution is -2.38. The van der Waals surface area contributed by atoms with E-state index in [1.54, 1.807) is 0 Å². The van der Waals surface area contributed by atoms with Gasteiger partial charge in [0.05, 0.1) is 6.42 Å². The lowest BCUT2D eigenvalue weighted by Gasteiger charge is -2.22. The van der Waals surface area contributed by atoms with E-state index < -0.39 is 0 Å². The van der Waals surface area contributed by atoms with Crippen LogP contribution in [0, 0.1) is 12.3 Å². The van der Waals surface area contributed by atoms with Crippen LogP contribution in [-0.2, 0) is 11.2 Å². The van der Waals surface area contributed by atoms with Gasteiger partial charge in [-0.2, -0.15) is 0 Å². The second-order valence-electron chi connectivity index (χ2n) is 4.83. The number of furan rings is 1. The zero-order valence-electron chi connectivity index (χ0n) is 10.2. The molecule has 4 nitrogen and oxygen atoms in total. The molecule has 0 spiro atoms. The van der Waals surface area contributed by atoms with Gasteiger partial charge in [0.15, 0.2) is 0 Å². The van der Waals surface area contributed by atoms with Crippen molar-refractivity contribution in [3.8, 4) is 0 Å². The van der Waals surface area contributed by atoms with Crippen LogP contribution < -0.4 is 11.1 Å². The third kappa shape index (κ3) is 4.06. The Hall–Kier alpha value is -1.29. The minimum atomic E-state index is -0.0608. The van der Waals surface area contributed by atoms with Gasteiger partial charge in [0, 0.05) is 6.54 Å². The second-order valence-corrected chi connectivity index (χ2v) is 4.83. The maximum atomic E-state index is 11.6. The molecule has 0 aliphatic carbocycles. The van der Waals surface area contributed by atoms with Crippen molar-refractivity contribution in [1.82, 2.24) is 5.32 Å². The monoisotopic (exact) mass is 224 g/mol. The quantitative estimate of drug-likeness (QED) is 0.790. The van der Waals surface area contributed by atoms with Gasteiger partial charge in [0.1, 0.15) is 11.5 Å². The second kappa shape index (κ2) is 5.16. The predicted octanol–water partition coefficient (Wildman–Crippen LogP) is 1.23. The average Bonchev–Trinajstić information content (AvgIpc) is 2.61. The van der Waals surface area contributed by atoms with E-state index in [2.05, 4.69) is 5.32 Å². The molecule has 0 unspecified atom stereocenters. The fraction of sp³-hybridized carbons (Fsp3) is 0.583. The molecule has 1 heterocycles. The Kier molecular flexibility index (Phi) is 4.12.